The zero-order chi connectivity index (χ0) is 30.1. The molecule has 42 heavy (non-hydrogen) atoms. The summed E-state index contributed by atoms with van der Waals surface area (Å²) in [5.74, 6) is -2.17. The number of halogens is 1. The smallest absolute Gasteiger partial charge is 0.338 e. The van der Waals surface area contributed by atoms with Crippen LogP contribution in [0.1, 0.15) is 29.7 Å². The molecule has 1 N–H and O–H groups in total. The highest BCUT2D eigenvalue weighted by Gasteiger charge is 2.35. The number of aromatic hydroxyl groups is 1. The Balaban J connectivity index is 1.84. The number of aromatic nitrogens is 1. The molecule has 0 aliphatic carbocycles. The van der Waals surface area contributed by atoms with Gasteiger partial charge in [0.25, 0.3) is 11.2 Å². The Kier molecular flexibility index (Phi) is 7.46. The van der Waals surface area contributed by atoms with Gasteiger partial charge in [0.05, 0.1) is 44.4 Å². The Labute approximate surface area is 238 Å². The van der Waals surface area contributed by atoms with Crippen molar-refractivity contribution >= 4 is 40.5 Å². The van der Waals surface area contributed by atoms with Gasteiger partial charge in [0.2, 0.25) is 5.75 Å². The monoisotopic (exact) mass is 590 g/mol. The summed E-state index contributed by atoms with van der Waals surface area (Å²) in [6.45, 7) is 1.64. The molecule has 2 heterocycles. The van der Waals surface area contributed by atoms with Gasteiger partial charge >= 0.3 is 11.7 Å². The molecule has 212 valence electrons. The third-order valence-corrected chi connectivity index (χ3v) is 7.34. The van der Waals surface area contributed by atoms with E-state index in [1.165, 1.54) is 28.8 Å². The summed E-state index contributed by atoms with van der Waals surface area (Å²) < 4.78 is 20.3. The van der Waals surface area contributed by atoms with Crippen molar-refractivity contribution in [1.29, 1.82) is 0 Å². The lowest BCUT2D eigenvalue weighted by Gasteiger charge is -2.25. The van der Waals surface area contributed by atoms with Crippen molar-refractivity contribution < 1.29 is 28.9 Å². The lowest BCUT2D eigenvalue weighted by Crippen LogP contribution is -2.40. The summed E-state index contributed by atoms with van der Waals surface area (Å²) in [4.78, 5) is 53.0. The molecular formula is C28H19FN4O8S. The number of carbonyl (C=O) groups is 1. The van der Waals surface area contributed by atoms with Crippen LogP contribution in [0.5, 0.6) is 5.75 Å². The zero-order valence-electron chi connectivity index (χ0n) is 21.6. The van der Waals surface area contributed by atoms with Gasteiger partial charge in [0.15, 0.2) is 4.80 Å². The number of rotatable bonds is 7. The third-order valence-electron chi connectivity index (χ3n) is 6.36. The van der Waals surface area contributed by atoms with Crippen molar-refractivity contribution in [3.63, 3.8) is 0 Å². The summed E-state index contributed by atoms with van der Waals surface area (Å²) in [6, 6.07) is 14.3. The largest absolute Gasteiger partial charge is 0.502 e. The zero-order valence-corrected chi connectivity index (χ0v) is 22.4. The van der Waals surface area contributed by atoms with Gasteiger partial charge in [0.1, 0.15) is 5.82 Å². The van der Waals surface area contributed by atoms with Gasteiger partial charge in [0, 0.05) is 17.2 Å². The number of phenolic OH excluding ortho intramolecular Hbond substituents is 1. The molecule has 1 aliphatic rings. The predicted octanol–water partition coefficient (Wildman–Crippen LogP) is 3.60. The first-order valence-electron chi connectivity index (χ1n) is 12.3. The number of phenols is 1. The van der Waals surface area contributed by atoms with E-state index in [0.29, 0.717) is 17.2 Å². The second-order valence-electron chi connectivity index (χ2n) is 8.90. The first-order chi connectivity index (χ1) is 20.1. The van der Waals surface area contributed by atoms with E-state index in [4.69, 9.17) is 4.74 Å². The number of thiazole rings is 1. The molecule has 1 aliphatic heterocycles. The van der Waals surface area contributed by atoms with Crippen LogP contribution in [0.2, 0.25) is 0 Å². The molecule has 12 nitrogen and oxygen atoms in total. The number of nitro benzene ring substituents is 2. The molecule has 1 atom stereocenters. The van der Waals surface area contributed by atoms with Crippen molar-refractivity contribution in [3.8, 4) is 5.75 Å². The van der Waals surface area contributed by atoms with Crippen LogP contribution in [0.4, 0.5) is 15.8 Å². The normalized spacial score (nSPS) is 14.7. The molecule has 3 aromatic carbocycles. The number of nitro groups is 2. The lowest BCUT2D eigenvalue weighted by molar-refractivity contribution is -0.394. The molecule has 0 saturated carbocycles. The van der Waals surface area contributed by atoms with Crippen LogP contribution in [0, 0.1) is 26.0 Å². The minimum atomic E-state index is -1.12. The summed E-state index contributed by atoms with van der Waals surface area (Å²) in [7, 11) is 0. The van der Waals surface area contributed by atoms with Crippen LogP contribution in [-0.2, 0) is 9.53 Å². The molecule has 0 bridgehead atoms. The molecule has 0 fully saturated rings. The van der Waals surface area contributed by atoms with E-state index in [9.17, 15) is 39.3 Å². The number of fused-ring (bicyclic) bond motifs is 1. The molecule has 5 rings (SSSR count). The van der Waals surface area contributed by atoms with Crippen LogP contribution >= 0.6 is 11.3 Å². The fourth-order valence-corrected chi connectivity index (χ4v) is 5.51. The highest BCUT2D eigenvalue weighted by atomic mass is 32.1. The van der Waals surface area contributed by atoms with Crippen molar-refractivity contribution in [2.75, 3.05) is 6.61 Å². The Hall–Kier alpha value is -5.50. The number of non-ortho nitro benzene ring substituents is 1. The number of nitrogens with zero attached hydrogens (tertiary/aromatic N) is 4. The van der Waals surface area contributed by atoms with Crippen LogP contribution in [0.3, 0.4) is 0 Å². The SMILES string of the molecule is CCOC(=O)C1=C(c2ccccc2)N=c2s/c(=C\c3cc([N+](=O)[O-])cc([N+](=O)[O-])c3O)c(=O)n2[C@@H]1c1ccc(F)cc1. The number of ether oxygens (including phenoxy) is 1. The van der Waals surface area contributed by atoms with Crippen molar-refractivity contribution in [1.82, 2.24) is 4.57 Å². The van der Waals surface area contributed by atoms with Crippen LogP contribution in [-0.4, -0.2) is 32.1 Å². The Morgan fingerprint density at radius 2 is 1.81 bits per heavy atom. The summed E-state index contributed by atoms with van der Waals surface area (Å²) in [6.07, 6.45) is 1.08. The standard InChI is InChI=1S/C28H19FN4O8S/c1-2-41-27(36)22-23(15-6-4-3-5-7-15)30-28-31(24(22)16-8-10-18(29)11-9-16)26(35)21(42-28)13-17-12-19(32(37)38)14-20(25(17)34)33(39)40/h3-14,24,34H,2H2,1H3/b21-13-/t24-/m1/s1. The number of hydrogen-bond donors (Lipinski definition) is 1. The van der Waals surface area contributed by atoms with E-state index in [2.05, 4.69) is 4.99 Å². The minimum absolute atomic E-state index is 0.0162. The molecule has 0 radical (unpaired) electrons. The lowest BCUT2D eigenvalue weighted by atomic mass is 9.93. The molecule has 0 saturated heterocycles. The van der Waals surface area contributed by atoms with Crippen molar-refractivity contribution in [2.24, 2.45) is 4.99 Å². The number of carbonyl (C=O) groups excluding carboxylic acids is 1. The Morgan fingerprint density at radius 1 is 1.12 bits per heavy atom. The topological polar surface area (TPSA) is 167 Å². The Morgan fingerprint density at radius 3 is 2.43 bits per heavy atom. The molecule has 4 aromatic rings. The molecule has 1 aromatic heterocycles. The van der Waals surface area contributed by atoms with Gasteiger partial charge < -0.3 is 9.84 Å². The van der Waals surface area contributed by atoms with Gasteiger partial charge in [-0.05, 0) is 30.7 Å². The van der Waals surface area contributed by atoms with Gasteiger partial charge in [-0.25, -0.2) is 14.2 Å². The fourth-order valence-electron chi connectivity index (χ4n) is 4.52. The molecule has 14 heteroatoms. The summed E-state index contributed by atoms with van der Waals surface area (Å²) >= 11 is 0.838. The summed E-state index contributed by atoms with van der Waals surface area (Å²) in [5, 5.41) is 33.3. The fraction of sp³-hybridized carbons (Fsp3) is 0.107. The maximum Gasteiger partial charge on any atom is 0.338 e. The maximum atomic E-state index is 13.9. The Bertz CT molecular complexity index is 1970. The van der Waals surface area contributed by atoms with E-state index in [1.807, 2.05) is 0 Å². The first-order valence-corrected chi connectivity index (χ1v) is 13.1. The highest BCUT2D eigenvalue weighted by Crippen LogP contribution is 2.36. The van der Waals surface area contributed by atoms with E-state index in [-0.39, 0.29) is 32.8 Å². The first kappa shape index (κ1) is 28.0. The average molecular weight is 591 g/mol. The van der Waals surface area contributed by atoms with E-state index in [1.54, 1.807) is 37.3 Å². The van der Waals surface area contributed by atoms with Crippen molar-refractivity contribution in [2.45, 2.75) is 13.0 Å². The van der Waals surface area contributed by atoms with Gasteiger partial charge in [-0.15, -0.1) is 0 Å². The number of esters is 1. The minimum Gasteiger partial charge on any atom is -0.502 e. The third kappa shape index (κ3) is 5.06. The molecular weight excluding hydrogens is 571 g/mol. The number of benzene rings is 3. The predicted molar refractivity (Wildman–Crippen MR) is 149 cm³/mol. The van der Waals surface area contributed by atoms with E-state index >= 15 is 0 Å². The van der Waals surface area contributed by atoms with Gasteiger partial charge in [-0.2, -0.15) is 0 Å². The quantitative estimate of drug-likeness (QED) is 0.194. The number of hydrogen-bond acceptors (Lipinski definition) is 10. The van der Waals surface area contributed by atoms with Crippen LogP contribution < -0.4 is 14.9 Å². The van der Waals surface area contributed by atoms with Crippen molar-refractivity contribution in [3.05, 3.63) is 135 Å². The second kappa shape index (κ2) is 11.2. The highest BCUT2D eigenvalue weighted by molar-refractivity contribution is 7.07. The molecule has 0 amide bonds. The molecule has 0 spiro atoms. The van der Waals surface area contributed by atoms with Gasteiger partial charge in [-0.1, -0.05) is 53.8 Å². The van der Waals surface area contributed by atoms with Crippen LogP contribution in [0.15, 0.2) is 82.1 Å². The van der Waals surface area contributed by atoms with Crippen LogP contribution in [0.25, 0.3) is 11.8 Å². The van der Waals surface area contributed by atoms with E-state index < -0.39 is 50.4 Å². The molecule has 0 unspecified atom stereocenters. The summed E-state index contributed by atoms with van der Waals surface area (Å²) in [5.41, 5.74) is -1.50. The van der Waals surface area contributed by atoms with Gasteiger partial charge in [-0.3, -0.25) is 29.6 Å². The average Bonchev–Trinajstić information content (AvgIpc) is 3.28. The van der Waals surface area contributed by atoms with E-state index in [0.717, 1.165) is 23.5 Å². The maximum absolute atomic E-state index is 13.9. The second-order valence-corrected chi connectivity index (χ2v) is 9.91.